The van der Waals surface area contributed by atoms with Gasteiger partial charge >= 0.3 is 0 Å². The van der Waals surface area contributed by atoms with Gasteiger partial charge in [-0.2, -0.15) is 0 Å². The van der Waals surface area contributed by atoms with Gasteiger partial charge in [0.1, 0.15) is 0 Å². The smallest absolute Gasteiger partial charge is 0.220 e. The molecular weight excluding hydrogens is 331 g/mol. The van der Waals surface area contributed by atoms with E-state index >= 15 is 0 Å². The minimum Gasteiger partial charge on any atom is -0.494 e. The van der Waals surface area contributed by atoms with E-state index in [0.717, 1.165) is 18.4 Å². The van der Waals surface area contributed by atoms with Crippen molar-refractivity contribution < 1.29 is 13.9 Å². The van der Waals surface area contributed by atoms with E-state index in [1.165, 1.54) is 32.4 Å². The predicted molar refractivity (Wildman–Crippen MR) is 96.1 cm³/mol. The van der Waals surface area contributed by atoms with E-state index in [9.17, 15) is 9.18 Å². The van der Waals surface area contributed by atoms with Crippen molar-refractivity contribution in [2.75, 3.05) is 13.7 Å². The zero-order valence-corrected chi connectivity index (χ0v) is 15.0. The molecule has 1 unspecified atom stereocenters. The Hall–Kier alpha value is -1.33. The van der Waals surface area contributed by atoms with Crippen LogP contribution in [0.1, 0.15) is 44.1 Å². The first kappa shape index (κ1) is 20.7. The zero-order chi connectivity index (χ0) is 16.7. The first-order valence-electron chi connectivity index (χ1n) is 8.46. The van der Waals surface area contributed by atoms with Crippen molar-refractivity contribution in [3.05, 3.63) is 29.6 Å². The van der Waals surface area contributed by atoms with E-state index < -0.39 is 5.82 Å². The Balaban J connectivity index is 0.00000288. The number of carbonyl (C=O) groups excluding carboxylic acids is 1. The topological polar surface area (TPSA) is 64.3 Å². The molecular formula is C18H28ClFN2O2. The van der Waals surface area contributed by atoms with Crippen molar-refractivity contribution in [3.63, 3.8) is 0 Å². The van der Waals surface area contributed by atoms with Crippen LogP contribution < -0.4 is 15.8 Å². The lowest BCUT2D eigenvalue weighted by Crippen LogP contribution is -2.46. The number of nitrogens with two attached hydrogens (primary N) is 1. The fourth-order valence-corrected chi connectivity index (χ4v) is 3.31. The molecule has 0 bridgehead atoms. The highest BCUT2D eigenvalue weighted by molar-refractivity contribution is 5.85. The van der Waals surface area contributed by atoms with Gasteiger partial charge in [0.2, 0.25) is 5.91 Å². The Kier molecular flexibility index (Phi) is 9.08. The highest BCUT2D eigenvalue weighted by Crippen LogP contribution is 2.26. The number of benzene rings is 1. The normalized spacial score (nSPS) is 16.1. The highest BCUT2D eigenvalue weighted by atomic mass is 35.5. The predicted octanol–water partition coefficient (Wildman–Crippen LogP) is 3.21. The number of ether oxygens (including phenoxy) is 1. The fraction of sp³-hybridized carbons (Fsp3) is 0.611. The number of hydrogen-bond acceptors (Lipinski definition) is 3. The average molecular weight is 359 g/mol. The Morgan fingerprint density at radius 3 is 2.67 bits per heavy atom. The lowest BCUT2D eigenvalue weighted by atomic mass is 9.84. The molecule has 0 saturated heterocycles. The number of nitrogens with one attached hydrogen (secondary N) is 1. The maximum Gasteiger partial charge on any atom is 0.220 e. The molecule has 24 heavy (non-hydrogen) atoms. The number of aryl methyl sites for hydroxylation is 1. The average Bonchev–Trinajstić information content (AvgIpc) is 2.58. The summed E-state index contributed by atoms with van der Waals surface area (Å²) < 4.78 is 18.5. The maximum atomic E-state index is 13.6. The molecule has 136 valence electrons. The molecule has 1 amide bonds. The van der Waals surface area contributed by atoms with Crippen LogP contribution in [-0.2, 0) is 11.2 Å². The van der Waals surface area contributed by atoms with Crippen molar-refractivity contribution in [1.29, 1.82) is 0 Å². The van der Waals surface area contributed by atoms with E-state index in [4.69, 9.17) is 10.5 Å². The molecule has 1 atom stereocenters. The number of amides is 1. The van der Waals surface area contributed by atoms with Gasteiger partial charge in [-0.25, -0.2) is 4.39 Å². The molecule has 1 fully saturated rings. The van der Waals surface area contributed by atoms with E-state index in [0.29, 0.717) is 25.3 Å². The molecule has 1 aliphatic carbocycles. The molecule has 0 spiro atoms. The number of rotatable bonds is 7. The second-order valence-electron chi connectivity index (χ2n) is 6.28. The van der Waals surface area contributed by atoms with Crippen molar-refractivity contribution >= 4 is 18.3 Å². The summed E-state index contributed by atoms with van der Waals surface area (Å²) in [7, 11) is 1.43. The molecule has 4 nitrogen and oxygen atoms in total. The van der Waals surface area contributed by atoms with Gasteiger partial charge in [-0.3, -0.25) is 4.79 Å². The SMILES string of the molecule is COc1ccc(CCC(=O)NC(CN)C2CCCCC2)cc1F.Cl. The Morgan fingerprint density at radius 1 is 1.38 bits per heavy atom. The van der Waals surface area contributed by atoms with Crippen LogP contribution in [0.4, 0.5) is 4.39 Å². The number of halogens is 2. The van der Waals surface area contributed by atoms with Gasteiger partial charge in [0, 0.05) is 19.0 Å². The quantitative estimate of drug-likeness (QED) is 0.786. The third kappa shape index (κ3) is 5.95. The number of hydrogen-bond donors (Lipinski definition) is 2. The summed E-state index contributed by atoms with van der Waals surface area (Å²) in [6.07, 6.45) is 6.87. The van der Waals surface area contributed by atoms with E-state index in [1.807, 2.05) is 0 Å². The molecule has 1 aliphatic rings. The van der Waals surface area contributed by atoms with E-state index in [-0.39, 0.29) is 30.1 Å². The number of methoxy groups -OCH3 is 1. The zero-order valence-electron chi connectivity index (χ0n) is 14.2. The summed E-state index contributed by atoms with van der Waals surface area (Å²) in [5, 5.41) is 3.06. The van der Waals surface area contributed by atoms with Crippen LogP contribution in [0.5, 0.6) is 5.75 Å². The third-order valence-corrected chi connectivity index (χ3v) is 4.68. The van der Waals surface area contributed by atoms with Crippen LogP contribution in [0.25, 0.3) is 0 Å². The summed E-state index contributed by atoms with van der Waals surface area (Å²) >= 11 is 0. The molecule has 1 aromatic carbocycles. The maximum absolute atomic E-state index is 13.6. The Bertz CT molecular complexity index is 522. The van der Waals surface area contributed by atoms with E-state index in [2.05, 4.69) is 5.32 Å². The van der Waals surface area contributed by atoms with Crippen LogP contribution >= 0.6 is 12.4 Å². The second kappa shape index (κ2) is 10.5. The van der Waals surface area contributed by atoms with Gasteiger partial charge in [0.05, 0.1) is 7.11 Å². The minimum absolute atomic E-state index is 0. The second-order valence-corrected chi connectivity index (χ2v) is 6.28. The Labute approximate surface area is 149 Å². The molecule has 0 radical (unpaired) electrons. The molecule has 2 rings (SSSR count). The highest BCUT2D eigenvalue weighted by Gasteiger charge is 2.23. The van der Waals surface area contributed by atoms with Crippen molar-refractivity contribution in [2.24, 2.45) is 11.7 Å². The molecule has 0 aliphatic heterocycles. The first-order valence-corrected chi connectivity index (χ1v) is 8.46. The van der Waals surface area contributed by atoms with Crippen molar-refractivity contribution in [1.82, 2.24) is 5.32 Å². The molecule has 1 aromatic rings. The van der Waals surface area contributed by atoms with Gasteiger partial charge in [0.15, 0.2) is 11.6 Å². The third-order valence-electron chi connectivity index (χ3n) is 4.68. The summed E-state index contributed by atoms with van der Waals surface area (Å²) in [4.78, 5) is 12.2. The minimum atomic E-state index is -0.396. The Morgan fingerprint density at radius 2 is 2.08 bits per heavy atom. The van der Waals surface area contributed by atoms with Gasteiger partial charge in [-0.15, -0.1) is 12.4 Å². The van der Waals surface area contributed by atoms with Crippen LogP contribution in [0.3, 0.4) is 0 Å². The molecule has 0 heterocycles. The molecule has 1 saturated carbocycles. The lowest BCUT2D eigenvalue weighted by Gasteiger charge is -2.30. The fourth-order valence-electron chi connectivity index (χ4n) is 3.31. The van der Waals surface area contributed by atoms with Gasteiger partial charge in [0.25, 0.3) is 0 Å². The summed E-state index contributed by atoms with van der Waals surface area (Å²) in [5.74, 6) is 0.310. The van der Waals surface area contributed by atoms with Gasteiger partial charge < -0.3 is 15.8 Å². The van der Waals surface area contributed by atoms with Gasteiger partial charge in [-0.1, -0.05) is 25.3 Å². The summed E-state index contributed by atoms with van der Waals surface area (Å²) in [6.45, 7) is 0.480. The van der Waals surface area contributed by atoms with Gasteiger partial charge in [-0.05, 0) is 42.9 Å². The standard InChI is InChI=1S/C18H27FN2O2.ClH/c1-23-17-9-7-13(11-15(17)19)8-10-18(22)21-16(12-20)14-5-3-2-4-6-14;/h7,9,11,14,16H,2-6,8,10,12,20H2,1H3,(H,21,22);1H. The summed E-state index contributed by atoms with van der Waals surface area (Å²) in [5.41, 5.74) is 6.62. The van der Waals surface area contributed by atoms with Crippen LogP contribution in [0.15, 0.2) is 18.2 Å². The lowest BCUT2D eigenvalue weighted by molar-refractivity contribution is -0.122. The van der Waals surface area contributed by atoms with Crippen LogP contribution in [-0.4, -0.2) is 25.6 Å². The van der Waals surface area contributed by atoms with Crippen LogP contribution in [0.2, 0.25) is 0 Å². The first-order chi connectivity index (χ1) is 11.1. The van der Waals surface area contributed by atoms with Crippen molar-refractivity contribution in [3.8, 4) is 5.75 Å². The number of carbonyl (C=O) groups is 1. The monoisotopic (exact) mass is 358 g/mol. The van der Waals surface area contributed by atoms with Crippen LogP contribution in [0, 0.1) is 11.7 Å². The molecule has 6 heteroatoms. The molecule has 0 aromatic heterocycles. The summed E-state index contributed by atoms with van der Waals surface area (Å²) in [6, 6.07) is 4.87. The largest absolute Gasteiger partial charge is 0.494 e. The molecule has 3 N–H and O–H groups in total. The van der Waals surface area contributed by atoms with E-state index in [1.54, 1.807) is 12.1 Å². The van der Waals surface area contributed by atoms with Crippen molar-refractivity contribution in [2.45, 2.75) is 51.0 Å².